The predicted molar refractivity (Wildman–Crippen MR) is 110 cm³/mol. The Hall–Kier alpha value is -3.27. The minimum absolute atomic E-state index is 0.119. The number of carbonyl (C=O) groups is 3. The topological polar surface area (TPSA) is 145 Å². The van der Waals surface area contributed by atoms with Crippen LogP contribution in [0.1, 0.15) is 57.7 Å². The van der Waals surface area contributed by atoms with Crippen molar-refractivity contribution in [3.63, 3.8) is 0 Å². The average molecular weight is 441 g/mol. The van der Waals surface area contributed by atoms with Crippen molar-refractivity contribution in [2.24, 2.45) is 5.73 Å². The second-order valence-corrected chi connectivity index (χ2v) is 7.91. The molecule has 9 heteroatoms. The molecule has 1 saturated heterocycles. The van der Waals surface area contributed by atoms with Crippen molar-refractivity contribution < 1.29 is 38.8 Å². The molecule has 0 saturated carbocycles. The Kier molecular flexibility index (Phi) is 5.72. The number of hydrogen-bond donors (Lipinski definition) is 3. The molecule has 0 spiro atoms. The summed E-state index contributed by atoms with van der Waals surface area (Å²) in [5, 5.41) is 21.2. The quantitative estimate of drug-likeness (QED) is 0.407. The first-order valence-corrected chi connectivity index (χ1v) is 10.1. The standard InChI is InChI=1S/C23H23NO8/c1-10-23(32-11(2)25)15(24)8-17(31-10)30-9-12-7-16(26)18-19(20(12)27)22(29)14-6-4-3-5-13(14)21(18)28/h3-7,10,15,17,23,26-27H,8-9,24H2,1-2H3/t10-,15+,17-,23-/m0/s1. The van der Waals surface area contributed by atoms with Crippen LogP contribution < -0.4 is 5.73 Å². The zero-order valence-electron chi connectivity index (χ0n) is 17.5. The van der Waals surface area contributed by atoms with E-state index in [1.807, 2.05) is 0 Å². The highest BCUT2D eigenvalue weighted by atomic mass is 16.7. The molecule has 168 valence electrons. The number of esters is 1. The van der Waals surface area contributed by atoms with Crippen LogP contribution in [0.2, 0.25) is 0 Å². The molecule has 2 aromatic rings. The Labute approximate surface area is 183 Å². The minimum Gasteiger partial charge on any atom is -0.507 e. The van der Waals surface area contributed by atoms with E-state index < -0.39 is 53.6 Å². The van der Waals surface area contributed by atoms with Gasteiger partial charge >= 0.3 is 5.97 Å². The van der Waals surface area contributed by atoms with E-state index in [2.05, 4.69) is 0 Å². The third-order valence-electron chi connectivity index (χ3n) is 5.67. The van der Waals surface area contributed by atoms with E-state index in [4.69, 9.17) is 19.9 Å². The van der Waals surface area contributed by atoms with Gasteiger partial charge in [0, 0.05) is 36.1 Å². The molecule has 0 bridgehead atoms. The molecule has 32 heavy (non-hydrogen) atoms. The molecule has 2 aliphatic rings. The molecule has 1 fully saturated rings. The zero-order valence-corrected chi connectivity index (χ0v) is 17.5. The third kappa shape index (κ3) is 3.75. The summed E-state index contributed by atoms with van der Waals surface area (Å²) in [5.41, 5.74) is 6.05. The van der Waals surface area contributed by atoms with Gasteiger partial charge in [0.05, 0.1) is 23.8 Å². The minimum atomic E-state index is -0.762. The fourth-order valence-corrected chi connectivity index (χ4v) is 4.16. The first-order valence-electron chi connectivity index (χ1n) is 10.1. The van der Waals surface area contributed by atoms with Crippen molar-refractivity contribution in [1.29, 1.82) is 0 Å². The molecule has 2 aromatic carbocycles. The monoisotopic (exact) mass is 441 g/mol. The van der Waals surface area contributed by atoms with Gasteiger partial charge in [-0.3, -0.25) is 14.4 Å². The molecule has 4 N–H and O–H groups in total. The number of rotatable bonds is 4. The van der Waals surface area contributed by atoms with E-state index in [-0.39, 0.29) is 40.8 Å². The maximum absolute atomic E-state index is 12.9. The van der Waals surface area contributed by atoms with Crippen LogP contribution in [0.15, 0.2) is 30.3 Å². The number of carbonyl (C=O) groups excluding carboxylic acids is 3. The molecule has 1 aliphatic carbocycles. The number of ether oxygens (including phenoxy) is 3. The van der Waals surface area contributed by atoms with E-state index in [9.17, 15) is 24.6 Å². The second kappa shape index (κ2) is 8.34. The van der Waals surface area contributed by atoms with E-state index in [0.29, 0.717) is 0 Å². The fourth-order valence-electron chi connectivity index (χ4n) is 4.16. The molecule has 1 heterocycles. The van der Waals surface area contributed by atoms with Crippen LogP contribution in [0.3, 0.4) is 0 Å². The summed E-state index contributed by atoms with van der Waals surface area (Å²) in [6, 6.07) is 6.91. The number of fused-ring (bicyclic) bond motifs is 2. The highest BCUT2D eigenvalue weighted by Gasteiger charge is 2.38. The van der Waals surface area contributed by atoms with Crippen LogP contribution in [0.25, 0.3) is 0 Å². The predicted octanol–water partition coefficient (Wildman–Crippen LogP) is 1.78. The molecular formula is C23H23NO8. The Morgan fingerprint density at radius 1 is 1.16 bits per heavy atom. The Morgan fingerprint density at radius 2 is 1.78 bits per heavy atom. The summed E-state index contributed by atoms with van der Waals surface area (Å²) in [7, 11) is 0. The lowest BCUT2D eigenvalue weighted by Crippen LogP contribution is -2.53. The van der Waals surface area contributed by atoms with Crippen LogP contribution in [-0.4, -0.2) is 52.3 Å². The molecule has 9 nitrogen and oxygen atoms in total. The molecule has 0 aromatic heterocycles. The summed E-state index contributed by atoms with van der Waals surface area (Å²) >= 11 is 0. The maximum atomic E-state index is 12.9. The highest BCUT2D eigenvalue weighted by Crippen LogP contribution is 2.40. The smallest absolute Gasteiger partial charge is 0.303 e. The van der Waals surface area contributed by atoms with E-state index >= 15 is 0 Å². The number of ketones is 2. The second-order valence-electron chi connectivity index (χ2n) is 7.91. The molecule has 4 atom stereocenters. The van der Waals surface area contributed by atoms with Gasteiger partial charge in [-0.1, -0.05) is 24.3 Å². The lowest BCUT2D eigenvalue weighted by molar-refractivity contribution is -0.233. The molecule has 0 radical (unpaired) electrons. The third-order valence-corrected chi connectivity index (χ3v) is 5.67. The first kappa shape index (κ1) is 21.9. The van der Waals surface area contributed by atoms with Crippen molar-refractivity contribution in [2.75, 3.05) is 0 Å². The summed E-state index contributed by atoms with van der Waals surface area (Å²) in [6.07, 6.45) is -1.67. The Morgan fingerprint density at radius 3 is 2.38 bits per heavy atom. The van der Waals surface area contributed by atoms with Crippen molar-refractivity contribution in [3.8, 4) is 11.5 Å². The summed E-state index contributed by atoms with van der Waals surface area (Å²) < 4.78 is 16.6. The van der Waals surface area contributed by atoms with Crippen molar-refractivity contribution in [2.45, 2.75) is 51.4 Å². The van der Waals surface area contributed by atoms with Crippen LogP contribution in [-0.2, 0) is 25.6 Å². The number of nitrogens with two attached hydrogens (primary N) is 1. The van der Waals surface area contributed by atoms with Crippen molar-refractivity contribution >= 4 is 17.5 Å². The maximum Gasteiger partial charge on any atom is 0.303 e. The average Bonchev–Trinajstić information content (AvgIpc) is 2.74. The van der Waals surface area contributed by atoms with Gasteiger partial charge in [-0.2, -0.15) is 0 Å². The van der Waals surface area contributed by atoms with Gasteiger partial charge < -0.3 is 30.2 Å². The summed E-state index contributed by atoms with van der Waals surface area (Å²) in [6.45, 7) is 2.78. The van der Waals surface area contributed by atoms with Gasteiger partial charge in [0.15, 0.2) is 17.9 Å². The molecule has 0 amide bonds. The normalized spacial score (nSPS) is 24.6. The van der Waals surface area contributed by atoms with Crippen LogP contribution >= 0.6 is 0 Å². The lowest BCUT2D eigenvalue weighted by atomic mass is 9.82. The summed E-state index contributed by atoms with van der Waals surface area (Å²) in [4.78, 5) is 37.0. The number of aromatic hydroxyl groups is 2. The van der Waals surface area contributed by atoms with Gasteiger partial charge in [-0.25, -0.2) is 0 Å². The van der Waals surface area contributed by atoms with Gasteiger partial charge in [0.25, 0.3) is 0 Å². The van der Waals surface area contributed by atoms with Gasteiger partial charge in [0.2, 0.25) is 0 Å². The SMILES string of the molecule is CC(=O)O[C@@H]1[C@H](N)C[C@@H](OCc2cc(O)c3c(c2O)C(=O)c2ccccc2C3=O)O[C@H]1C. The lowest BCUT2D eigenvalue weighted by Gasteiger charge is -2.38. The van der Waals surface area contributed by atoms with E-state index in [0.717, 1.165) is 0 Å². The largest absolute Gasteiger partial charge is 0.507 e. The van der Waals surface area contributed by atoms with Crippen LogP contribution in [0.4, 0.5) is 0 Å². The number of hydrogen-bond acceptors (Lipinski definition) is 9. The number of phenols is 2. The van der Waals surface area contributed by atoms with Crippen molar-refractivity contribution in [1.82, 2.24) is 0 Å². The first-order chi connectivity index (χ1) is 15.2. The van der Waals surface area contributed by atoms with Crippen molar-refractivity contribution in [3.05, 3.63) is 58.1 Å². The molecule has 1 aliphatic heterocycles. The Bertz CT molecular complexity index is 1100. The zero-order chi connectivity index (χ0) is 23.2. The molecule has 0 unspecified atom stereocenters. The van der Waals surface area contributed by atoms with Gasteiger partial charge in [-0.15, -0.1) is 0 Å². The number of phenolic OH excluding ortho intramolecular Hbond substituents is 2. The van der Waals surface area contributed by atoms with E-state index in [1.54, 1.807) is 19.1 Å². The highest BCUT2D eigenvalue weighted by molar-refractivity contribution is 6.30. The summed E-state index contributed by atoms with van der Waals surface area (Å²) in [5.74, 6) is -2.41. The molecular weight excluding hydrogens is 418 g/mol. The van der Waals surface area contributed by atoms with Crippen LogP contribution in [0.5, 0.6) is 11.5 Å². The number of benzene rings is 2. The van der Waals surface area contributed by atoms with Crippen LogP contribution in [0, 0.1) is 0 Å². The van der Waals surface area contributed by atoms with E-state index in [1.165, 1.54) is 25.1 Å². The molecule has 4 rings (SSSR count). The Balaban J connectivity index is 1.56. The fraction of sp³-hybridized carbons (Fsp3) is 0.348. The van der Waals surface area contributed by atoms with Gasteiger partial charge in [-0.05, 0) is 13.0 Å². The van der Waals surface area contributed by atoms with Gasteiger partial charge in [0.1, 0.15) is 17.6 Å².